The summed E-state index contributed by atoms with van der Waals surface area (Å²) in [5.74, 6) is 0.0683. The third-order valence-electron chi connectivity index (χ3n) is 3.85. The Morgan fingerprint density at radius 1 is 1.36 bits per heavy atom. The molecular weight excluding hydrogens is 300 g/mol. The second-order valence-corrected chi connectivity index (χ2v) is 6.25. The summed E-state index contributed by atoms with van der Waals surface area (Å²) >= 11 is 1.66. The zero-order valence-electron chi connectivity index (χ0n) is 12.8. The number of nitrogens with one attached hydrogen (secondary N) is 1. The number of hydrogen-bond acceptors (Lipinski definition) is 6. The predicted octanol–water partition coefficient (Wildman–Crippen LogP) is 1.63. The van der Waals surface area contributed by atoms with Gasteiger partial charge in [-0.25, -0.2) is 4.98 Å². The number of anilines is 2. The van der Waals surface area contributed by atoms with E-state index >= 15 is 0 Å². The van der Waals surface area contributed by atoms with Crippen LogP contribution in [0.3, 0.4) is 0 Å². The maximum Gasteiger partial charge on any atom is 0.248 e. The van der Waals surface area contributed by atoms with Gasteiger partial charge in [0.15, 0.2) is 5.13 Å². The third kappa shape index (κ3) is 3.00. The van der Waals surface area contributed by atoms with Crippen molar-refractivity contribution in [3.05, 3.63) is 18.2 Å². The largest absolute Gasteiger partial charge is 0.375 e. The fourth-order valence-corrected chi connectivity index (χ4v) is 3.50. The van der Waals surface area contributed by atoms with Crippen molar-refractivity contribution in [1.29, 1.82) is 0 Å². The van der Waals surface area contributed by atoms with Gasteiger partial charge in [0.05, 0.1) is 10.2 Å². The molecule has 2 aromatic rings. The van der Waals surface area contributed by atoms with Gasteiger partial charge in [0.2, 0.25) is 5.91 Å². The average Bonchev–Trinajstić information content (AvgIpc) is 2.97. The summed E-state index contributed by atoms with van der Waals surface area (Å²) in [5.41, 5.74) is 2.21. The number of methoxy groups -OCH3 is 1. The molecule has 1 aliphatic heterocycles. The summed E-state index contributed by atoms with van der Waals surface area (Å²) in [6, 6.07) is 6.35. The maximum atomic E-state index is 11.8. The molecular formula is C15H20N4O2S. The normalized spacial score (nSPS) is 15.4. The first kappa shape index (κ1) is 15.1. The van der Waals surface area contributed by atoms with Gasteiger partial charge in [0, 0.05) is 46.0 Å². The highest BCUT2D eigenvalue weighted by atomic mass is 32.1. The van der Waals surface area contributed by atoms with Gasteiger partial charge in [-0.2, -0.15) is 0 Å². The molecule has 0 radical (unpaired) electrons. The molecule has 0 spiro atoms. The van der Waals surface area contributed by atoms with Crippen LogP contribution >= 0.6 is 11.3 Å². The number of hydrogen-bond donors (Lipinski definition) is 1. The zero-order valence-corrected chi connectivity index (χ0v) is 13.7. The van der Waals surface area contributed by atoms with Crippen molar-refractivity contribution < 1.29 is 9.53 Å². The van der Waals surface area contributed by atoms with Crippen molar-refractivity contribution >= 4 is 38.3 Å². The first-order chi connectivity index (χ1) is 10.7. The predicted molar refractivity (Wildman–Crippen MR) is 89.8 cm³/mol. The number of piperazine rings is 1. The smallest absolute Gasteiger partial charge is 0.248 e. The van der Waals surface area contributed by atoms with Gasteiger partial charge in [-0.05, 0) is 18.2 Å². The molecule has 1 fully saturated rings. The van der Waals surface area contributed by atoms with Crippen LogP contribution in [0.4, 0.5) is 10.8 Å². The lowest BCUT2D eigenvalue weighted by molar-refractivity contribution is -0.135. The van der Waals surface area contributed by atoms with Crippen LogP contribution in [0, 0.1) is 0 Å². The SMILES string of the molecule is CNc1nc2ccc(N3CCN(C(=O)COC)CC3)cc2s1. The number of aromatic nitrogens is 1. The lowest BCUT2D eigenvalue weighted by Gasteiger charge is -2.36. The fourth-order valence-electron chi connectivity index (χ4n) is 2.65. The number of thiazole rings is 1. The summed E-state index contributed by atoms with van der Waals surface area (Å²) in [5, 5.41) is 4.02. The monoisotopic (exact) mass is 320 g/mol. The van der Waals surface area contributed by atoms with Crippen LogP contribution in [0.5, 0.6) is 0 Å². The fraction of sp³-hybridized carbons (Fsp3) is 0.467. The Labute approximate surface area is 133 Å². The molecule has 7 heteroatoms. The van der Waals surface area contributed by atoms with Crippen LogP contribution in [0.1, 0.15) is 0 Å². The lowest BCUT2D eigenvalue weighted by Crippen LogP contribution is -2.49. The van der Waals surface area contributed by atoms with E-state index in [9.17, 15) is 4.79 Å². The van der Waals surface area contributed by atoms with E-state index in [1.54, 1.807) is 18.4 Å². The van der Waals surface area contributed by atoms with Gasteiger partial charge in [-0.1, -0.05) is 11.3 Å². The highest BCUT2D eigenvalue weighted by Crippen LogP contribution is 2.29. The number of nitrogens with zero attached hydrogens (tertiary/aromatic N) is 3. The lowest BCUT2D eigenvalue weighted by atomic mass is 10.2. The van der Waals surface area contributed by atoms with E-state index in [1.807, 2.05) is 11.9 Å². The molecule has 118 valence electrons. The molecule has 2 heterocycles. The summed E-state index contributed by atoms with van der Waals surface area (Å²) in [6.07, 6.45) is 0. The highest BCUT2D eigenvalue weighted by Gasteiger charge is 2.21. The molecule has 1 aliphatic rings. The third-order valence-corrected chi connectivity index (χ3v) is 4.89. The highest BCUT2D eigenvalue weighted by molar-refractivity contribution is 7.22. The number of ether oxygens (including phenoxy) is 1. The quantitative estimate of drug-likeness (QED) is 0.928. The van der Waals surface area contributed by atoms with Crippen LogP contribution in [0.15, 0.2) is 18.2 Å². The Hall–Kier alpha value is -1.86. The number of carbonyl (C=O) groups excluding carboxylic acids is 1. The second kappa shape index (κ2) is 6.50. The van der Waals surface area contributed by atoms with Crippen molar-refractivity contribution in [1.82, 2.24) is 9.88 Å². The first-order valence-electron chi connectivity index (χ1n) is 7.31. The molecule has 0 aliphatic carbocycles. The van der Waals surface area contributed by atoms with Crippen LogP contribution in [0.25, 0.3) is 10.2 Å². The van der Waals surface area contributed by atoms with Crippen molar-refractivity contribution in [2.75, 3.05) is 57.2 Å². The maximum absolute atomic E-state index is 11.8. The topological polar surface area (TPSA) is 57.7 Å². The summed E-state index contributed by atoms with van der Waals surface area (Å²) in [6.45, 7) is 3.34. The van der Waals surface area contributed by atoms with Gasteiger partial charge in [-0.3, -0.25) is 4.79 Å². The molecule has 0 bridgehead atoms. The molecule has 1 aromatic carbocycles. The second-order valence-electron chi connectivity index (χ2n) is 5.22. The Morgan fingerprint density at radius 2 is 2.14 bits per heavy atom. The summed E-state index contributed by atoms with van der Waals surface area (Å²) in [7, 11) is 3.44. The standard InChI is InChI=1S/C15H20N4O2S/c1-16-15-17-12-4-3-11(9-13(12)22-15)18-5-7-19(8-6-18)14(20)10-21-2/h3-4,9H,5-8,10H2,1-2H3,(H,16,17). The molecule has 0 unspecified atom stereocenters. The zero-order chi connectivity index (χ0) is 15.5. The van der Waals surface area contributed by atoms with Crippen molar-refractivity contribution in [3.8, 4) is 0 Å². The van der Waals surface area contributed by atoms with E-state index in [2.05, 4.69) is 33.4 Å². The first-order valence-corrected chi connectivity index (χ1v) is 8.13. The van der Waals surface area contributed by atoms with Gasteiger partial charge in [-0.15, -0.1) is 0 Å². The molecule has 3 rings (SSSR count). The molecule has 22 heavy (non-hydrogen) atoms. The van der Waals surface area contributed by atoms with E-state index in [1.165, 1.54) is 10.4 Å². The minimum atomic E-state index is 0.0683. The van der Waals surface area contributed by atoms with Crippen LogP contribution in [-0.4, -0.2) is 62.7 Å². The van der Waals surface area contributed by atoms with Gasteiger partial charge >= 0.3 is 0 Å². The van der Waals surface area contributed by atoms with E-state index < -0.39 is 0 Å². The number of benzene rings is 1. The van der Waals surface area contributed by atoms with Crippen molar-refractivity contribution in [3.63, 3.8) is 0 Å². The van der Waals surface area contributed by atoms with E-state index in [0.29, 0.717) is 0 Å². The molecule has 1 aromatic heterocycles. The molecule has 0 saturated carbocycles. The number of rotatable bonds is 4. The van der Waals surface area contributed by atoms with Gasteiger partial charge in [0.1, 0.15) is 6.61 Å². The average molecular weight is 320 g/mol. The molecule has 0 atom stereocenters. The van der Waals surface area contributed by atoms with Crippen LogP contribution in [0.2, 0.25) is 0 Å². The number of amides is 1. The summed E-state index contributed by atoms with van der Waals surface area (Å²) in [4.78, 5) is 20.5. The Morgan fingerprint density at radius 3 is 2.82 bits per heavy atom. The van der Waals surface area contributed by atoms with Crippen molar-refractivity contribution in [2.45, 2.75) is 0 Å². The molecule has 1 N–H and O–H groups in total. The van der Waals surface area contributed by atoms with Crippen LogP contribution < -0.4 is 10.2 Å². The minimum Gasteiger partial charge on any atom is -0.375 e. The van der Waals surface area contributed by atoms with Gasteiger partial charge in [0.25, 0.3) is 0 Å². The van der Waals surface area contributed by atoms with Gasteiger partial charge < -0.3 is 19.9 Å². The Kier molecular flexibility index (Phi) is 4.44. The van der Waals surface area contributed by atoms with Crippen molar-refractivity contribution in [2.24, 2.45) is 0 Å². The summed E-state index contributed by atoms with van der Waals surface area (Å²) < 4.78 is 6.09. The van der Waals surface area contributed by atoms with Crippen LogP contribution in [-0.2, 0) is 9.53 Å². The molecule has 6 nitrogen and oxygen atoms in total. The number of carbonyl (C=O) groups is 1. The van der Waals surface area contributed by atoms with E-state index in [4.69, 9.17) is 4.74 Å². The Balaban J connectivity index is 1.69. The number of fused-ring (bicyclic) bond motifs is 1. The minimum absolute atomic E-state index is 0.0683. The van der Waals surface area contributed by atoms with E-state index in [0.717, 1.165) is 36.8 Å². The molecule has 1 amide bonds. The molecule has 1 saturated heterocycles. The van der Waals surface area contributed by atoms with E-state index in [-0.39, 0.29) is 12.5 Å². The Bertz CT molecular complexity index is 665.